The summed E-state index contributed by atoms with van der Waals surface area (Å²) in [5.41, 5.74) is 1.23. The van der Waals surface area contributed by atoms with Gasteiger partial charge < -0.3 is 4.74 Å². The molecule has 4 rings (SSSR count). The number of morpholine rings is 1. The van der Waals surface area contributed by atoms with Crippen LogP contribution < -0.4 is 4.90 Å². The van der Waals surface area contributed by atoms with Crippen molar-refractivity contribution in [2.75, 3.05) is 44.3 Å². The summed E-state index contributed by atoms with van der Waals surface area (Å²) in [5.74, 6) is -0.437. The van der Waals surface area contributed by atoms with Crippen LogP contribution in [0, 0.1) is 5.82 Å². The minimum atomic E-state index is -0.304. The number of hydrogen-bond acceptors (Lipinski definition) is 6. The molecule has 0 atom stereocenters. The maximum Gasteiger partial charge on any atom is 0.278 e. The summed E-state index contributed by atoms with van der Waals surface area (Å²) in [6.07, 6.45) is 2.45. The molecule has 0 bridgehead atoms. The number of halogens is 1. The number of anilines is 1. The number of carbonyl (C=O) groups excluding carboxylic acids is 1. The molecule has 1 aliphatic rings. The highest BCUT2D eigenvalue weighted by Crippen LogP contribution is 2.30. The number of ether oxygens (including phenoxy) is 1. The standard InChI is InChI=1S/C20H24FN5O2S/c1-2-26-17(6-7-22-26)19(27)25(9-3-8-24-10-12-28-13-11-24)20-23-16-5-4-15(21)14-18(16)29-20/h4-7,14H,2-3,8-13H2,1H3. The van der Waals surface area contributed by atoms with Crippen molar-refractivity contribution in [1.29, 1.82) is 0 Å². The summed E-state index contributed by atoms with van der Waals surface area (Å²) in [5, 5.41) is 4.81. The van der Waals surface area contributed by atoms with Crippen molar-refractivity contribution in [3.63, 3.8) is 0 Å². The van der Waals surface area contributed by atoms with E-state index in [0.717, 1.165) is 44.0 Å². The Hall–Kier alpha value is -2.36. The summed E-state index contributed by atoms with van der Waals surface area (Å²) in [4.78, 5) is 22.0. The number of benzene rings is 1. The zero-order valence-corrected chi connectivity index (χ0v) is 17.2. The summed E-state index contributed by atoms with van der Waals surface area (Å²) in [7, 11) is 0. The van der Waals surface area contributed by atoms with Gasteiger partial charge in [0.2, 0.25) is 0 Å². The first-order valence-electron chi connectivity index (χ1n) is 9.85. The topological polar surface area (TPSA) is 63.5 Å². The van der Waals surface area contributed by atoms with Gasteiger partial charge >= 0.3 is 0 Å². The molecule has 0 aliphatic carbocycles. The van der Waals surface area contributed by atoms with E-state index in [-0.39, 0.29) is 11.7 Å². The molecule has 1 fully saturated rings. The molecular weight excluding hydrogens is 393 g/mol. The largest absolute Gasteiger partial charge is 0.379 e. The van der Waals surface area contributed by atoms with Crippen molar-refractivity contribution < 1.29 is 13.9 Å². The Morgan fingerprint density at radius 1 is 1.31 bits per heavy atom. The summed E-state index contributed by atoms with van der Waals surface area (Å²) < 4.78 is 21.4. The van der Waals surface area contributed by atoms with Gasteiger partial charge in [-0.15, -0.1) is 0 Å². The molecular formula is C20H24FN5O2S. The highest BCUT2D eigenvalue weighted by molar-refractivity contribution is 7.22. The quantitative estimate of drug-likeness (QED) is 0.591. The molecule has 154 valence electrons. The van der Waals surface area contributed by atoms with E-state index in [9.17, 15) is 9.18 Å². The Balaban J connectivity index is 1.57. The first-order chi connectivity index (χ1) is 14.2. The van der Waals surface area contributed by atoms with Crippen LogP contribution in [0.2, 0.25) is 0 Å². The SMILES string of the molecule is CCn1nccc1C(=O)N(CCCN1CCOCC1)c1nc2ccc(F)cc2s1. The third kappa shape index (κ3) is 4.47. The zero-order valence-electron chi connectivity index (χ0n) is 16.4. The van der Waals surface area contributed by atoms with Crippen LogP contribution in [0.15, 0.2) is 30.5 Å². The van der Waals surface area contributed by atoms with E-state index in [0.29, 0.717) is 29.4 Å². The van der Waals surface area contributed by atoms with Crippen LogP contribution in [0.25, 0.3) is 10.2 Å². The van der Waals surface area contributed by atoms with Gasteiger partial charge in [0.1, 0.15) is 11.5 Å². The second kappa shape index (κ2) is 8.98. The lowest BCUT2D eigenvalue weighted by atomic mass is 10.3. The Morgan fingerprint density at radius 3 is 2.93 bits per heavy atom. The van der Waals surface area contributed by atoms with Gasteiger partial charge in [0.25, 0.3) is 5.91 Å². The lowest BCUT2D eigenvalue weighted by Gasteiger charge is -2.27. The Kier molecular flexibility index (Phi) is 6.17. The first kappa shape index (κ1) is 19.9. The fourth-order valence-electron chi connectivity index (χ4n) is 3.47. The minimum absolute atomic E-state index is 0.133. The van der Waals surface area contributed by atoms with E-state index in [1.54, 1.807) is 27.9 Å². The Bertz CT molecular complexity index is 982. The van der Waals surface area contributed by atoms with E-state index >= 15 is 0 Å². The molecule has 0 saturated carbocycles. The normalized spacial score (nSPS) is 15.1. The summed E-state index contributed by atoms with van der Waals surface area (Å²) in [6, 6.07) is 6.23. The number of thiazole rings is 1. The molecule has 3 heterocycles. The predicted octanol–water partition coefficient (Wildman–Crippen LogP) is 3.02. The second-order valence-electron chi connectivity index (χ2n) is 6.91. The zero-order chi connectivity index (χ0) is 20.2. The summed E-state index contributed by atoms with van der Waals surface area (Å²) >= 11 is 1.34. The van der Waals surface area contributed by atoms with Crippen LogP contribution in [0.5, 0.6) is 0 Å². The molecule has 2 aromatic heterocycles. The van der Waals surface area contributed by atoms with Gasteiger partial charge in [-0.3, -0.25) is 19.3 Å². The van der Waals surface area contributed by atoms with Crippen molar-refractivity contribution in [3.05, 3.63) is 42.0 Å². The first-order valence-corrected chi connectivity index (χ1v) is 10.7. The minimum Gasteiger partial charge on any atom is -0.379 e. The van der Waals surface area contributed by atoms with Crippen molar-refractivity contribution in [3.8, 4) is 0 Å². The van der Waals surface area contributed by atoms with Gasteiger partial charge in [0.05, 0.1) is 23.4 Å². The molecule has 1 aromatic carbocycles. The van der Waals surface area contributed by atoms with E-state index in [1.807, 2.05) is 6.92 Å². The number of rotatable bonds is 7. The number of amides is 1. The van der Waals surface area contributed by atoms with Gasteiger partial charge in [-0.1, -0.05) is 11.3 Å². The van der Waals surface area contributed by atoms with Gasteiger partial charge in [0, 0.05) is 38.9 Å². The highest BCUT2D eigenvalue weighted by atomic mass is 32.1. The highest BCUT2D eigenvalue weighted by Gasteiger charge is 2.24. The Morgan fingerprint density at radius 2 is 2.14 bits per heavy atom. The van der Waals surface area contributed by atoms with Crippen LogP contribution in [0.1, 0.15) is 23.8 Å². The lowest BCUT2D eigenvalue weighted by molar-refractivity contribution is 0.0376. The lowest BCUT2D eigenvalue weighted by Crippen LogP contribution is -2.39. The van der Waals surface area contributed by atoms with E-state index in [4.69, 9.17) is 4.74 Å². The monoisotopic (exact) mass is 417 g/mol. The molecule has 1 saturated heterocycles. The summed E-state index contributed by atoms with van der Waals surface area (Å²) in [6.45, 7) is 7.32. The van der Waals surface area contributed by atoms with Gasteiger partial charge in [-0.2, -0.15) is 5.10 Å². The van der Waals surface area contributed by atoms with Gasteiger partial charge in [0.15, 0.2) is 5.13 Å². The molecule has 0 N–H and O–H groups in total. The average Bonchev–Trinajstić information content (AvgIpc) is 3.37. The molecule has 0 unspecified atom stereocenters. The van der Waals surface area contributed by atoms with Crippen molar-refractivity contribution >= 4 is 32.6 Å². The fraction of sp³-hybridized carbons (Fsp3) is 0.450. The van der Waals surface area contributed by atoms with Crippen LogP contribution in [-0.2, 0) is 11.3 Å². The van der Waals surface area contributed by atoms with E-state index in [1.165, 1.54) is 23.5 Å². The van der Waals surface area contributed by atoms with Crippen molar-refractivity contribution in [2.24, 2.45) is 0 Å². The van der Waals surface area contributed by atoms with Crippen LogP contribution >= 0.6 is 11.3 Å². The van der Waals surface area contributed by atoms with E-state index < -0.39 is 0 Å². The number of aromatic nitrogens is 3. The third-order valence-electron chi connectivity index (χ3n) is 5.01. The number of aryl methyl sites for hydroxylation is 1. The van der Waals surface area contributed by atoms with Crippen LogP contribution in [0.4, 0.5) is 9.52 Å². The van der Waals surface area contributed by atoms with Crippen LogP contribution in [-0.4, -0.2) is 65.0 Å². The number of hydrogen-bond donors (Lipinski definition) is 0. The van der Waals surface area contributed by atoms with Crippen molar-refractivity contribution in [1.82, 2.24) is 19.7 Å². The molecule has 0 radical (unpaired) electrons. The molecule has 7 nitrogen and oxygen atoms in total. The average molecular weight is 418 g/mol. The maximum absolute atomic E-state index is 13.6. The Labute approximate surface area is 172 Å². The second-order valence-corrected chi connectivity index (χ2v) is 7.91. The fourth-order valence-corrected chi connectivity index (χ4v) is 4.48. The molecule has 29 heavy (non-hydrogen) atoms. The number of fused-ring (bicyclic) bond motifs is 1. The van der Waals surface area contributed by atoms with Gasteiger partial charge in [-0.05, 0) is 37.6 Å². The molecule has 1 amide bonds. The smallest absolute Gasteiger partial charge is 0.278 e. The molecule has 3 aromatic rings. The molecule has 0 spiro atoms. The number of carbonyl (C=O) groups is 1. The third-order valence-corrected chi connectivity index (χ3v) is 6.05. The molecule has 9 heteroatoms. The molecule has 1 aliphatic heterocycles. The van der Waals surface area contributed by atoms with Crippen LogP contribution in [0.3, 0.4) is 0 Å². The van der Waals surface area contributed by atoms with Gasteiger partial charge in [-0.25, -0.2) is 9.37 Å². The van der Waals surface area contributed by atoms with Crippen molar-refractivity contribution in [2.45, 2.75) is 19.9 Å². The van der Waals surface area contributed by atoms with E-state index in [2.05, 4.69) is 15.0 Å². The maximum atomic E-state index is 13.6. The predicted molar refractivity (Wildman–Crippen MR) is 111 cm³/mol. The number of nitrogens with zero attached hydrogens (tertiary/aromatic N) is 5.